The Balaban J connectivity index is 1.84. The van der Waals surface area contributed by atoms with Crippen LogP contribution < -0.4 is 0 Å². The lowest BCUT2D eigenvalue weighted by Crippen LogP contribution is -2.20. The highest BCUT2D eigenvalue weighted by Gasteiger charge is 2.21. The average molecular weight is 286 g/mol. The first kappa shape index (κ1) is 12.1. The Kier molecular flexibility index (Phi) is 4.36. The fourth-order valence-electron chi connectivity index (χ4n) is 2.29. The van der Waals surface area contributed by atoms with Gasteiger partial charge in [0, 0.05) is 18.4 Å². The van der Waals surface area contributed by atoms with Crippen molar-refractivity contribution in [1.82, 2.24) is 4.90 Å². The van der Waals surface area contributed by atoms with E-state index in [2.05, 4.69) is 20.8 Å². The van der Waals surface area contributed by atoms with Crippen LogP contribution in [0.1, 0.15) is 18.4 Å². The first-order valence-electron chi connectivity index (χ1n) is 5.80. The molecule has 0 saturated carbocycles. The van der Waals surface area contributed by atoms with Crippen molar-refractivity contribution in [3.63, 3.8) is 0 Å². The van der Waals surface area contributed by atoms with Gasteiger partial charge in [0.15, 0.2) is 0 Å². The second-order valence-electron chi connectivity index (χ2n) is 4.49. The molecular weight excluding hydrogens is 269 g/mol. The van der Waals surface area contributed by atoms with E-state index in [4.69, 9.17) is 0 Å². The zero-order valence-corrected chi connectivity index (χ0v) is 10.9. The molecule has 1 heterocycles. The molecule has 1 saturated heterocycles. The molecule has 1 aromatic rings. The lowest BCUT2D eigenvalue weighted by Gasteiger charge is -2.15. The van der Waals surface area contributed by atoms with Gasteiger partial charge in [-0.15, -0.1) is 0 Å². The summed E-state index contributed by atoms with van der Waals surface area (Å²) in [6.45, 7) is 3.32. The van der Waals surface area contributed by atoms with Gasteiger partial charge >= 0.3 is 0 Å². The third-order valence-electron chi connectivity index (χ3n) is 3.21. The molecule has 88 valence electrons. The van der Waals surface area contributed by atoms with Crippen LogP contribution in [0, 0.1) is 11.7 Å². The molecule has 0 amide bonds. The maximum Gasteiger partial charge on any atom is 0.123 e. The van der Waals surface area contributed by atoms with Crippen molar-refractivity contribution in [3.05, 3.63) is 35.6 Å². The van der Waals surface area contributed by atoms with Gasteiger partial charge in [0.2, 0.25) is 0 Å². The van der Waals surface area contributed by atoms with Crippen molar-refractivity contribution in [1.29, 1.82) is 0 Å². The van der Waals surface area contributed by atoms with Gasteiger partial charge < -0.3 is 0 Å². The SMILES string of the molecule is Fc1ccc(CN2CCC(CCBr)C2)cc1. The van der Waals surface area contributed by atoms with Crippen molar-refractivity contribution in [3.8, 4) is 0 Å². The van der Waals surface area contributed by atoms with E-state index in [0.29, 0.717) is 0 Å². The van der Waals surface area contributed by atoms with Crippen molar-refractivity contribution >= 4 is 15.9 Å². The zero-order valence-electron chi connectivity index (χ0n) is 9.33. The van der Waals surface area contributed by atoms with E-state index in [0.717, 1.165) is 17.8 Å². The molecule has 0 aromatic heterocycles. The van der Waals surface area contributed by atoms with Crippen LogP contribution in [-0.2, 0) is 6.54 Å². The van der Waals surface area contributed by atoms with Crippen molar-refractivity contribution in [2.24, 2.45) is 5.92 Å². The minimum Gasteiger partial charge on any atom is -0.299 e. The molecule has 1 aromatic carbocycles. The Labute approximate surface area is 105 Å². The first-order chi connectivity index (χ1) is 7.78. The molecule has 1 unspecified atom stereocenters. The number of halogens is 2. The lowest BCUT2D eigenvalue weighted by atomic mass is 10.1. The van der Waals surface area contributed by atoms with Crippen LogP contribution >= 0.6 is 15.9 Å². The summed E-state index contributed by atoms with van der Waals surface area (Å²) in [4.78, 5) is 2.46. The van der Waals surface area contributed by atoms with Crippen molar-refractivity contribution in [2.45, 2.75) is 19.4 Å². The Morgan fingerprint density at radius 3 is 2.75 bits per heavy atom. The highest BCUT2D eigenvalue weighted by molar-refractivity contribution is 9.09. The highest BCUT2D eigenvalue weighted by Crippen LogP contribution is 2.22. The summed E-state index contributed by atoms with van der Waals surface area (Å²) in [5.41, 5.74) is 1.21. The maximum absolute atomic E-state index is 12.7. The van der Waals surface area contributed by atoms with Crippen LogP contribution in [0.5, 0.6) is 0 Å². The number of benzene rings is 1. The second-order valence-corrected chi connectivity index (χ2v) is 5.29. The maximum atomic E-state index is 12.7. The van der Waals surface area contributed by atoms with E-state index in [9.17, 15) is 4.39 Å². The van der Waals surface area contributed by atoms with Crippen molar-refractivity contribution < 1.29 is 4.39 Å². The van der Waals surface area contributed by atoms with E-state index >= 15 is 0 Å². The largest absolute Gasteiger partial charge is 0.299 e. The summed E-state index contributed by atoms with van der Waals surface area (Å²) < 4.78 is 12.7. The van der Waals surface area contributed by atoms with Gasteiger partial charge in [-0.25, -0.2) is 4.39 Å². The molecular formula is C13H17BrFN. The van der Waals surface area contributed by atoms with Crippen LogP contribution in [0.15, 0.2) is 24.3 Å². The van der Waals surface area contributed by atoms with E-state index in [1.165, 1.54) is 31.5 Å². The molecule has 0 aliphatic carbocycles. The average Bonchev–Trinajstić information content (AvgIpc) is 2.70. The monoisotopic (exact) mass is 285 g/mol. The van der Waals surface area contributed by atoms with Gasteiger partial charge in [-0.2, -0.15) is 0 Å². The lowest BCUT2D eigenvalue weighted by molar-refractivity contribution is 0.315. The van der Waals surface area contributed by atoms with E-state index in [1.807, 2.05) is 12.1 Å². The predicted octanol–water partition coefficient (Wildman–Crippen LogP) is 3.43. The van der Waals surface area contributed by atoms with Gasteiger partial charge in [-0.3, -0.25) is 4.90 Å². The van der Waals surface area contributed by atoms with Crippen molar-refractivity contribution in [2.75, 3.05) is 18.4 Å². The standard InChI is InChI=1S/C13H17BrFN/c14-7-5-12-6-8-16(10-12)9-11-1-3-13(15)4-2-11/h1-4,12H,5-10H2. The predicted molar refractivity (Wildman–Crippen MR) is 68.2 cm³/mol. The molecule has 1 fully saturated rings. The molecule has 0 bridgehead atoms. The number of rotatable bonds is 4. The molecule has 3 heteroatoms. The third-order valence-corrected chi connectivity index (χ3v) is 3.66. The van der Waals surface area contributed by atoms with E-state index in [-0.39, 0.29) is 5.82 Å². The first-order valence-corrected chi connectivity index (χ1v) is 6.93. The third kappa shape index (κ3) is 3.29. The molecule has 1 atom stereocenters. The molecule has 1 aliphatic rings. The molecule has 0 spiro atoms. The van der Waals surface area contributed by atoms with Crippen LogP contribution in [0.25, 0.3) is 0 Å². The minimum absolute atomic E-state index is 0.151. The normalized spacial score (nSPS) is 21.5. The molecule has 16 heavy (non-hydrogen) atoms. The smallest absolute Gasteiger partial charge is 0.123 e. The molecule has 0 N–H and O–H groups in total. The Hall–Kier alpha value is -0.410. The number of nitrogens with zero attached hydrogens (tertiary/aromatic N) is 1. The van der Waals surface area contributed by atoms with Crippen LogP contribution in [0.4, 0.5) is 4.39 Å². The second kappa shape index (κ2) is 5.78. The Bertz CT molecular complexity index is 325. The van der Waals surface area contributed by atoms with Gasteiger partial charge in [0.1, 0.15) is 5.82 Å². The summed E-state index contributed by atoms with van der Waals surface area (Å²) in [7, 11) is 0. The van der Waals surface area contributed by atoms with Gasteiger partial charge in [0.05, 0.1) is 0 Å². The highest BCUT2D eigenvalue weighted by atomic mass is 79.9. The molecule has 0 radical (unpaired) electrons. The van der Waals surface area contributed by atoms with E-state index in [1.54, 1.807) is 12.1 Å². The number of alkyl halides is 1. The van der Waals surface area contributed by atoms with Gasteiger partial charge in [-0.05, 0) is 43.0 Å². The molecule has 1 aliphatic heterocycles. The fourth-order valence-corrected chi connectivity index (χ4v) is 2.94. The van der Waals surface area contributed by atoms with Gasteiger partial charge in [-0.1, -0.05) is 28.1 Å². The molecule has 2 rings (SSSR count). The molecule has 1 nitrogen and oxygen atoms in total. The summed E-state index contributed by atoms with van der Waals surface area (Å²) in [6.07, 6.45) is 2.56. The van der Waals surface area contributed by atoms with E-state index < -0.39 is 0 Å². The summed E-state index contributed by atoms with van der Waals surface area (Å²) in [5, 5.41) is 1.10. The topological polar surface area (TPSA) is 3.24 Å². The number of likely N-dealkylation sites (tertiary alicyclic amines) is 1. The summed E-state index contributed by atoms with van der Waals surface area (Å²) >= 11 is 3.49. The minimum atomic E-state index is -0.151. The Morgan fingerprint density at radius 1 is 1.31 bits per heavy atom. The van der Waals surface area contributed by atoms with Crippen LogP contribution in [-0.4, -0.2) is 23.3 Å². The van der Waals surface area contributed by atoms with Gasteiger partial charge in [0.25, 0.3) is 0 Å². The zero-order chi connectivity index (χ0) is 11.4. The Morgan fingerprint density at radius 2 is 2.06 bits per heavy atom. The fraction of sp³-hybridized carbons (Fsp3) is 0.538. The van der Waals surface area contributed by atoms with Crippen LogP contribution in [0.2, 0.25) is 0 Å². The number of hydrogen-bond donors (Lipinski definition) is 0. The summed E-state index contributed by atoms with van der Waals surface area (Å²) in [6, 6.07) is 6.85. The quantitative estimate of drug-likeness (QED) is 0.766. The number of hydrogen-bond acceptors (Lipinski definition) is 1. The summed E-state index contributed by atoms with van der Waals surface area (Å²) in [5.74, 6) is 0.683. The van der Waals surface area contributed by atoms with Crippen LogP contribution in [0.3, 0.4) is 0 Å².